The summed E-state index contributed by atoms with van der Waals surface area (Å²) in [5, 5.41) is 2.97. The molecule has 4 rings (SSSR count). The highest BCUT2D eigenvalue weighted by Gasteiger charge is 2.48. The summed E-state index contributed by atoms with van der Waals surface area (Å²) in [6.07, 6.45) is 3.32. The molecule has 0 saturated carbocycles. The Kier molecular flexibility index (Phi) is 5.05. The van der Waals surface area contributed by atoms with E-state index in [1.54, 1.807) is 24.3 Å². The summed E-state index contributed by atoms with van der Waals surface area (Å²) < 4.78 is 0. The first-order chi connectivity index (χ1) is 14.0. The van der Waals surface area contributed by atoms with E-state index in [2.05, 4.69) is 11.4 Å². The third-order valence-corrected chi connectivity index (χ3v) is 5.86. The number of nitrogens with zero attached hydrogens (tertiary/aromatic N) is 1. The standard InChI is InChI=1S/C24H24N2O3/c1-15-8-13-20-21(14-15)24(29)26(23(20)28)19-11-9-18(10-12-19)22(27)25-16(2)17-6-4-3-5-7-17/h3-12,16,20-21H,13-14H2,1-2H3,(H,25,27)/t16-,20+,21+/m1/s1. The van der Waals surface area contributed by atoms with E-state index in [-0.39, 0.29) is 35.6 Å². The maximum absolute atomic E-state index is 12.8. The number of anilines is 1. The van der Waals surface area contributed by atoms with Gasteiger partial charge in [-0.05, 0) is 56.5 Å². The normalized spacial score (nSPS) is 22.1. The Morgan fingerprint density at radius 3 is 2.34 bits per heavy atom. The molecule has 3 atom stereocenters. The first kappa shape index (κ1) is 19.1. The van der Waals surface area contributed by atoms with Gasteiger partial charge in [0.25, 0.3) is 5.91 Å². The fourth-order valence-corrected chi connectivity index (χ4v) is 4.16. The molecule has 2 aliphatic rings. The van der Waals surface area contributed by atoms with E-state index in [1.165, 1.54) is 4.90 Å². The van der Waals surface area contributed by atoms with Crippen LogP contribution < -0.4 is 10.2 Å². The Balaban J connectivity index is 1.47. The third-order valence-electron chi connectivity index (χ3n) is 5.86. The number of hydrogen-bond donors (Lipinski definition) is 1. The molecule has 29 heavy (non-hydrogen) atoms. The molecule has 5 heteroatoms. The van der Waals surface area contributed by atoms with Gasteiger partial charge < -0.3 is 5.32 Å². The van der Waals surface area contributed by atoms with E-state index >= 15 is 0 Å². The summed E-state index contributed by atoms with van der Waals surface area (Å²) in [5.74, 6) is -0.996. The minimum atomic E-state index is -0.263. The Morgan fingerprint density at radius 2 is 1.66 bits per heavy atom. The van der Waals surface area contributed by atoms with Crippen molar-refractivity contribution in [2.45, 2.75) is 32.7 Å². The van der Waals surface area contributed by atoms with Gasteiger partial charge >= 0.3 is 0 Å². The number of fused-ring (bicyclic) bond motifs is 1. The molecule has 1 fully saturated rings. The van der Waals surface area contributed by atoms with E-state index in [4.69, 9.17) is 0 Å². The first-order valence-electron chi connectivity index (χ1n) is 9.95. The number of benzene rings is 2. The molecular formula is C24H24N2O3. The third kappa shape index (κ3) is 3.60. The van der Waals surface area contributed by atoms with Gasteiger partial charge in [-0.1, -0.05) is 42.0 Å². The molecule has 3 amide bonds. The molecule has 0 bridgehead atoms. The van der Waals surface area contributed by atoms with Crippen molar-refractivity contribution in [3.63, 3.8) is 0 Å². The molecule has 1 aliphatic carbocycles. The van der Waals surface area contributed by atoms with Crippen LogP contribution in [0, 0.1) is 11.8 Å². The molecule has 0 unspecified atom stereocenters. The molecule has 1 N–H and O–H groups in total. The number of nitrogens with one attached hydrogen (secondary N) is 1. The van der Waals surface area contributed by atoms with Crippen molar-refractivity contribution >= 4 is 23.4 Å². The predicted octanol–water partition coefficient (Wildman–Crippen LogP) is 4.02. The van der Waals surface area contributed by atoms with Crippen molar-refractivity contribution < 1.29 is 14.4 Å². The molecule has 2 aromatic carbocycles. The van der Waals surface area contributed by atoms with Gasteiger partial charge in [0.05, 0.1) is 23.6 Å². The van der Waals surface area contributed by atoms with Crippen LogP contribution in [-0.4, -0.2) is 17.7 Å². The summed E-state index contributed by atoms with van der Waals surface area (Å²) in [5.41, 5.74) is 3.20. The number of imide groups is 1. The van der Waals surface area contributed by atoms with E-state index in [9.17, 15) is 14.4 Å². The zero-order valence-electron chi connectivity index (χ0n) is 16.6. The average molecular weight is 388 g/mol. The Morgan fingerprint density at radius 1 is 1.00 bits per heavy atom. The van der Waals surface area contributed by atoms with Crippen LogP contribution >= 0.6 is 0 Å². The molecular weight excluding hydrogens is 364 g/mol. The predicted molar refractivity (Wildman–Crippen MR) is 111 cm³/mol. The molecule has 1 heterocycles. The van der Waals surface area contributed by atoms with Gasteiger partial charge in [-0.15, -0.1) is 0 Å². The summed E-state index contributed by atoms with van der Waals surface area (Å²) in [6.45, 7) is 3.93. The van der Waals surface area contributed by atoms with Crippen LogP contribution in [0.1, 0.15) is 48.7 Å². The summed E-state index contributed by atoms with van der Waals surface area (Å²) >= 11 is 0. The van der Waals surface area contributed by atoms with Gasteiger partial charge in [-0.25, -0.2) is 0 Å². The number of rotatable bonds is 4. The van der Waals surface area contributed by atoms with E-state index < -0.39 is 0 Å². The fourth-order valence-electron chi connectivity index (χ4n) is 4.16. The van der Waals surface area contributed by atoms with Gasteiger partial charge in [0.15, 0.2) is 0 Å². The lowest BCUT2D eigenvalue weighted by Crippen LogP contribution is -2.31. The maximum Gasteiger partial charge on any atom is 0.251 e. The maximum atomic E-state index is 12.8. The van der Waals surface area contributed by atoms with E-state index in [1.807, 2.05) is 44.2 Å². The molecule has 1 saturated heterocycles. The molecule has 0 radical (unpaired) electrons. The van der Waals surface area contributed by atoms with Crippen molar-refractivity contribution in [3.05, 3.63) is 77.4 Å². The number of carbonyl (C=O) groups excluding carboxylic acids is 3. The van der Waals surface area contributed by atoms with Crippen molar-refractivity contribution in [1.29, 1.82) is 0 Å². The minimum Gasteiger partial charge on any atom is -0.346 e. The monoisotopic (exact) mass is 388 g/mol. The van der Waals surface area contributed by atoms with E-state index in [0.717, 1.165) is 11.1 Å². The lowest BCUT2D eigenvalue weighted by atomic mass is 9.82. The van der Waals surface area contributed by atoms with Gasteiger partial charge in [-0.2, -0.15) is 0 Å². The first-order valence-corrected chi connectivity index (χ1v) is 9.95. The Bertz CT molecular complexity index is 979. The number of hydrogen-bond acceptors (Lipinski definition) is 3. The molecule has 148 valence electrons. The van der Waals surface area contributed by atoms with Crippen LogP contribution in [0.25, 0.3) is 0 Å². The van der Waals surface area contributed by atoms with Crippen molar-refractivity contribution in [1.82, 2.24) is 5.32 Å². The second-order valence-corrected chi connectivity index (χ2v) is 7.87. The summed E-state index contributed by atoms with van der Waals surface area (Å²) in [4.78, 5) is 39.4. The quantitative estimate of drug-likeness (QED) is 0.635. The SMILES string of the molecule is CC1=CC[C@@H]2C(=O)N(c3ccc(C(=O)N[C@H](C)c4ccccc4)cc3)C(=O)[C@H]2C1. The molecule has 2 aromatic rings. The number of allylic oxidation sites excluding steroid dienone is 2. The van der Waals surface area contributed by atoms with Crippen molar-refractivity contribution in [3.8, 4) is 0 Å². The van der Waals surface area contributed by atoms with Crippen LogP contribution in [-0.2, 0) is 9.59 Å². The van der Waals surface area contributed by atoms with Crippen LogP contribution in [0.3, 0.4) is 0 Å². The van der Waals surface area contributed by atoms with Gasteiger partial charge in [0.2, 0.25) is 11.8 Å². The summed E-state index contributed by atoms with van der Waals surface area (Å²) in [7, 11) is 0. The Hall–Kier alpha value is -3.21. The van der Waals surface area contributed by atoms with Crippen molar-refractivity contribution in [2.75, 3.05) is 4.90 Å². The smallest absolute Gasteiger partial charge is 0.251 e. The average Bonchev–Trinajstić information content (AvgIpc) is 2.98. The van der Waals surface area contributed by atoms with Gasteiger partial charge in [-0.3, -0.25) is 19.3 Å². The van der Waals surface area contributed by atoms with Gasteiger partial charge in [0.1, 0.15) is 0 Å². The number of carbonyl (C=O) groups is 3. The molecule has 0 aromatic heterocycles. The summed E-state index contributed by atoms with van der Waals surface area (Å²) in [6, 6.07) is 16.3. The second-order valence-electron chi connectivity index (χ2n) is 7.87. The highest BCUT2D eigenvalue weighted by Crippen LogP contribution is 2.39. The Labute approximate surface area is 170 Å². The molecule has 1 aliphatic heterocycles. The highest BCUT2D eigenvalue weighted by atomic mass is 16.2. The fraction of sp³-hybridized carbons (Fsp3) is 0.292. The lowest BCUT2D eigenvalue weighted by Gasteiger charge is -2.18. The zero-order valence-corrected chi connectivity index (χ0v) is 16.6. The molecule has 0 spiro atoms. The van der Waals surface area contributed by atoms with E-state index in [0.29, 0.717) is 24.1 Å². The van der Waals surface area contributed by atoms with Crippen molar-refractivity contribution in [2.24, 2.45) is 11.8 Å². The lowest BCUT2D eigenvalue weighted by molar-refractivity contribution is -0.122. The minimum absolute atomic E-state index is 0.121. The van der Waals surface area contributed by atoms with Crippen LogP contribution in [0.2, 0.25) is 0 Å². The topological polar surface area (TPSA) is 66.5 Å². The second kappa shape index (κ2) is 7.66. The number of amides is 3. The van der Waals surface area contributed by atoms with Crippen LogP contribution in [0.4, 0.5) is 5.69 Å². The highest BCUT2D eigenvalue weighted by molar-refractivity contribution is 6.22. The molecule has 5 nitrogen and oxygen atoms in total. The largest absolute Gasteiger partial charge is 0.346 e. The zero-order chi connectivity index (χ0) is 20.5. The van der Waals surface area contributed by atoms with Gasteiger partial charge in [0, 0.05) is 5.56 Å². The van der Waals surface area contributed by atoms with Crippen LogP contribution in [0.5, 0.6) is 0 Å². The van der Waals surface area contributed by atoms with Crippen LogP contribution in [0.15, 0.2) is 66.2 Å².